The fraction of sp³-hybridized carbons (Fsp3) is 0.538. The molecule has 1 aliphatic rings. The lowest BCUT2D eigenvalue weighted by Crippen LogP contribution is -2.40. The van der Waals surface area contributed by atoms with Gasteiger partial charge in [0.25, 0.3) is 0 Å². The largest absolute Gasteiger partial charge is 0.396 e. The molecule has 1 aliphatic carbocycles. The molecule has 3 heteroatoms. The van der Waals surface area contributed by atoms with E-state index in [-0.39, 0.29) is 6.61 Å². The number of aliphatic hydroxyl groups excluding tert-OH is 1. The highest BCUT2D eigenvalue weighted by atomic mass is 79.9. The lowest BCUT2D eigenvalue weighted by atomic mass is 9.76. The van der Waals surface area contributed by atoms with Crippen molar-refractivity contribution in [1.29, 1.82) is 0 Å². The number of aliphatic hydroxyl groups is 1. The van der Waals surface area contributed by atoms with Crippen LogP contribution in [0.2, 0.25) is 0 Å². The van der Waals surface area contributed by atoms with Crippen LogP contribution in [-0.2, 0) is 0 Å². The molecular formula is C13H18BrNO. The van der Waals surface area contributed by atoms with E-state index < -0.39 is 0 Å². The van der Waals surface area contributed by atoms with Crippen molar-refractivity contribution in [1.82, 2.24) is 5.32 Å². The van der Waals surface area contributed by atoms with Crippen molar-refractivity contribution in [2.45, 2.75) is 31.2 Å². The first-order chi connectivity index (χ1) is 7.79. The molecule has 0 bridgehead atoms. The van der Waals surface area contributed by atoms with Crippen LogP contribution in [0.3, 0.4) is 0 Å². The number of rotatable bonds is 5. The Labute approximate surface area is 105 Å². The highest BCUT2D eigenvalue weighted by Gasteiger charge is 2.29. The van der Waals surface area contributed by atoms with Gasteiger partial charge in [-0.25, -0.2) is 0 Å². The fourth-order valence-corrected chi connectivity index (χ4v) is 2.44. The third-order valence-electron chi connectivity index (χ3n) is 3.25. The zero-order valence-corrected chi connectivity index (χ0v) is 10.9. The van der Waals surface area contributed by atoms with E-state index in [4.69, 9.17) is 5.11 Å². The molecule has 2 rings (SSSR count). The summed E-state index contributed by atoms with van der Waals surface area (Å²) in [6, 6.07) is 9.29. The first-order valence-electron chi connectivity index (χ1n) is 5.89. The predicted molar refractivity (Wildman–Crippen MR) is 69.6 cm³/mol. The van der Waals surface area contributed by atoms with Crippen LogP contribution in [-0.4, -0.2) is 24.3 Å². The molecule has 2 nitrogen and oxygen atoms in total. The Kier molecular flexibility index (Phi) is 4.38. The molecule has 1 saturated carbocycles. The zero-order chi connectivity index (χ0) is 11.4. The minimum absolute atomic E-state index is 0.288. The van der Waals surface area contributed by atoms with Gasteiger partial charge < -0.3 is 10.4 Å². The Morgan fingerprint density at radius 1 is 1.25 bits per heavy atom. The van der Waals surface area contributed by atoms with Gasteiger partial charge in [-0.15, -0.1) is 0 Å². The van der Waals surface area contributed by atoms with Crippen LogP contribution in [0.25, 0.3) is 0 Å². The quantitative estimate of drug-likeness (QED) is 0.815. The molecule has 16 heavy (non-hydrogen) atoms. The monoisotopic (exact) mass is 283 g/mol. The maximum atomic E-state index is 8.68. The zero-order valence-electron chi connectivity index (χ0n) is 9.32. The Bertz CT molecular complexity index is 319. The average molecular weight is 284 g/mol. The van der Waals surface area contributed by atoms with Gasteiger partial charge in [0.15, 0.2) is 0 Å². The second-order valence-corrected chi connectivity index (χ2v) is 5.36. The van der Waals surface area contributed by atoms with Crippen LogP contribution >= 0.6 is 15.9 Å². The summed E-state index contributed by atoms with van der Waals surface area (Å²) in [5.74, 6) is 0.722. The van der Waals surface area contributed by atoms with Crippen LogP contribution in [0.15, 0.2) is 28.7 Å². The third-order valence-corrected chi connectivity index (χ3v) is 3.78. The second-order valence-electron chi connectivity index (χ2n) is 4.45. The first kappa shape index (κ1) is 12.1. The van der Waals surface area contributed by atoms with Gasteiger partial charge in [0.1, 0.15) is 0 Å². The highest BCUT2D eigenvalue weighted by Crippen LogP contribution is 2.37. The summed E-state index contributed by atoms with van der Waals surface area (Å²) in [5.41, 5.74) is 1.45. The van der Waals surface area contributed by atoms with Crippen molar-refractivity contribution in [3.8, 4) is 0 Å². The van der Waals surface area contributed by atoms with Gasteiger partial charge in [-0.1, -0.05) is 28.1 Å². The summed E-state index contributed by atoms with van der Waals surface area (Å²) in [6.45, 7) is 1.23. The lowest BCUT2D eigenvalue weighted by molar-refractivity contribution is 0.258. The van der Waals surface area contributed by atoms with E-state index in [9.17, 15) is 0 Å². The number of hydrogen-bond acceptors (Lipinski definition) is 2. The highest BCUT2D eigenvalue weighted by molar-refractivity contribution is 9.10. The van der Waals surface area contributed by atoms with E-state index in [0.29, 0.717) is 6.04 Å². The van der Waals surface area contributed by atoms with E-state index in [1.807, 2.05) is 0 Å². The minimum atomic E-state index is 0.288. The van der Waals surface area contributed by atoms with Gasteiger partial charge in [-0.3, -0.25) is 0 Å². The fourth-order valence-electron chi connectivity index (χ4n) is 2.18. The summed E-state index contributed by atoms with van der Waals surface area (Å²) in [4.78, 5) is 0. The summed E-state index contributed by atoms with van der Waals surface area (Å²) in [7, 11) is 0. The Balaban J connectivity index is 1.73. The molecule has 1 aromatic rings. The van der Waals surface area contributed by atoms with E-state index in [1.165, 1.54) is 18.4 Å². The summed E-state index contributed by atoms with van der Waals surface area (Å²) in [6.07, 6.45) is 3.32. The van der Waals surface area contributed by atoms with Crippen molar-refractivity contribution >= 4 is 15.9 Å². The van der Waals surface area contributed by atoms with Gasteiger partial charge in [0.05, 0.1) is 0 Å². The molecule has 0 atom stereocenters. The standard InChI is InChI=1S/C13H18BrNO/c14-12-4-2-10(3-5-12)11-8-13(9-11)15-6-1-7-16/h2-5,11,13,15-16H,1,6-9H2. The van der Waals surface area contributed by atoms with E-state index in [1.54, 1.807) is 0 Å². The Hall–Kier alpha value is -0.380. The maximum absolute atomic E-state index is 8.68. The lowest BCUT2D eigenvalue weighted by Gasteiger charge is -2.36. The van der Waals surface area contributed by atoms with Crippen molar-refractivity contribution in [3.05, 3.63) is 34.3 Å². The van der Waals surface area contributed by atoms with Gasteiger partial charge >= 0.3 is 0 Å². The smallest absolute Gasteiger partial charge is 0.0443 e. The Morgan fingerprint density at radius 3 is 2.56 bits per heavy atom. The summed E-state index contributed by atoms with van der Waals surface area (Å²) < 4.78 is 1.15. The molecule has 0 aromatic heterocycles. The normalized spacial score (nSPS) is 24.1. The molecule has 88 valence electrons. The third kappa shape index (κ3) is 3.06. The first-order valence-corrected chi connectivity index (χ1v) is 6.68. The molecule has 0 heterocycles. The van der Waals surface area contributed by atoms with Crippen LogP contribution in [0.1, 0.15) is 30.7 Å². The van der Waals surface area contributed by atoms with Crippen LogP contribution < -0.4 is 5.32 Å². The van der Waals surface area contributed by atoms with Gasteiger partial charge in [0, 0.05) is 17.1 Å². The number of nitrogens with one attached hydrogen (secondary N) is 1. The molecule has 0 radical (unpaired) electrons. The summed E-state index contributed by atoms with van der Waals surface area (Å²) in [5, 5.41) is 12.1. The molecule has 0 aliphatic heterocycles. The predicted octanol–water partition coefficient (Wildman–Crippen LogP) is 2.67. The van der Waals surface area contributed by atoms with Crippen molar-refractivity contribution in [3.63, 3.8) is 0 Å². The van der Waals surface area contributed by atoms with Crippen LogP contribution in [0, 0.1) is 0 Å². The number of halogens is 1. The van der Waals surface area contributed by atoms with Gasteiger partial charge in [0.2, 0.25) is 0 Å². The molecule has 0 unspecified atom stereocenters. The maximum Gasteiger partial charge on any atom is 0.0443 e. The van der Waals surface area contributed by atoms with Gasteiger partial charge in [-0.2, -0.15) is 0 Å². The molecule has 1 fully saturated rings. The average Bonchev–Trinajstić information content (AvgIpc) is 2.23. The van der Waals surface area contributed by atoms with Crippen LogP contribution in [0.4, 0.5) is 0 Å². The SMILES string of the molecule is OCCCNC1CC(c2ccc(Br)cc2)C1. The van der Waals surface area contributed by atoms with E-state index >= 15 is 0 Å². The second kappa shape index (κ2) is 5.80. The van der Waals surface area contributed by atoms with E-state index in [0.717, 1.165) is 23.4 Å². The number of benzene rings is 1. The molecule has 1 aromatic carbocycles. The van der Waals surface area contributed by atoms with E-state index in [2.05, 4.69) is 45.5 Å². The van der Waals surface area contributed by atoms with Crippen molar-refractivity contribution in [2.75, 3.05) is 13.2 Å². The molecule has 2 N–H and O–H groups in total. The molecule has 0 saturated heterocycles. The number of hydrogen-bond donors (Lipinski definition) is 2. The molecule has 0 spiro atoms. The topological polar surface area (TPSA) is 32.3 Å². The van der Waals surface area contributed by atoms with Crippen molar-refractivity contribution < 1.29 is 5.11 Å². The molecule has 0 amide bonds. The summed E-state index contributed by atoms with van der Waals surface area (Å²) >= 11 is 3.45. The minimum Gasteiger partial charge on any atom is -0.396 e. The van der Waals surface area contributed by atoms with Crippen LogP contribution in [0.5, 0.6) is 0 Å². The Morgan fingerprint density at radius 2 is 1.94 bits per heavy atom. The van der Waals surface area contributed by atoms with Gasteiger partial charge in [-0.05, 0) is 49.4 Å². The molecular weight excluding hydrogens is 266 g/mol. The van der Waals surface area contributed by atoms with Crippen molar-refractivity contribution in [2.24, 2.45) is 0 Å².